The quantitative estimate of drug-likeness (QED) is 0.744. The fraction of sp³-hybridized carbons (Fsp3) is 0.533. The lowest BCUT2D eigenvalue weighted by molar-refractivity contribution is -0.117. The summed E-state index contributed by atoms with van der Waals surface area (Å²) >= 11 is 0. The molecule has 0 aliphatic rings. The maximum atomic E-state index is 11.8. The number of ether oxygens (including phenoxy) is 1. The summed E-state index contributed by atoms with van der Waals surface area (Å²) in [5.74, 6) is -0.0441. The number of rotatable bonds is 7. The van der Waals surface area contributed by atoms with Crippen LogP contribution in [0.4, 0.5) is 11.4 Å². The number of hydrogen-bond donors (Lipinski definition) is 2. The molecule has 1 rings (SSSR count). The number of nitrogen functional groups attached to an aromatic ring is 1. The zero-order chi connectivity index (χ0) is 14.3. The molecule has 0 fully saturated rings. The van der Waals surface area contributed by atoms with E-state index in [4.69, 9.17) is 10.5 Å². The number of amides is 1. The Bertz CT molecular complexity index is 419. The minimum absolute atomic E-state index is 0.0441. The van der Waals surface area contributed by atoms with Crippen molar-refractivity contribution in [1.29, 1.82) is 0 Å². The van der Waals surface area contributed by atoms with E-state index in [1.165, 1.54) is 0 Å². The van der Waals surface area contributed by atoms with Gasteiger partial charge in [0.15, 0.2) is 0 Å². The van der Waals surface area contributed by atoms with Gasteiger partial charge in [-0.3, -0.25) is 4.79 Å². The number of hydrogen-bond acceptors (Lipinski definition) is 3. The van der Waals surface area contributed by atoms with E-state index >= 15 is 0 Å². The molecule has 1 atom stereocenters. The highest BCUT2D eigenvalue weighted by Gasteiger charge is 2.07. The van der Waals surface area contributed by atoms with Gasteiger partial charge in [0.25, 0.3) is 0 Å². The van der Waals surface area contributed by atoms with Crippen LogP contribution in [-0.4, -0.2) is 18.6 Å². The summed E-state index contributed by atoms with van der Waals surface area (Å²) in [5, 5.41) is 2.86. The maximum Gasteiger partial charge on any atom is 0.226 e. The molecule has 0 spiro atoms. The van der Waals surface area contributed by atoms with E-state index in [0.29, 0.717) is 18.7 Å². The zero-order valence-corrected chi connectivity index (χ0v) is 12.0. The Labute approximate surface area is 115 Å². The van der Waals surface area contributed by atoms with Crippen molar-refractivity contribution in [3.8, 4) is 0 Å². The van der Waals surface area contributed by atoms with Gasteiger partial charge in [-0.2, -0.15) is 0 Å². The highest BCUT2D eigenvalue weighted by Crippen LogP contribution is 2.18. The topological polar surface area (TPSA) is 64.3 Å². The van der Waals surface area contributed by atoms with Crippen LogP contribution in [0.5, 0.6) is 0 Å². The van der Waals surface area contributed by atoms with Crippen molar-refractivity contribution in [1.82, 2.24) is 0 Å². The summed E-state index contributed by atoms with van der Waals surface area (Å²) in [4.78, 5) is 11.8. The Morgan fingerprint density at radius 1 is 1.47 bits per heavy atom. The third-order valence-corrected chi connectivity index (χ3v) is 2.96. The van der Waals surface area contributed by atoms with Gasteiger partial charge in [0.1, 0.15) is 0 Å². The number of anilines is 2. The molecule has 106 valence electrons. The molecular formula is C15H24N2O2. The van der Waals surface area contributed by atoms with Crippen LogP contribution >= 0.6 is 0 Å². The van der Waals surface area contributed by atoms with E-state index in [2.05, 4.69) is 12.2 Å². The molecule has 0 radical (unpaired) electrons. The first-order chi connectivity index (χ1) is 9.02. The summed E-state index contributed by atoms with van der Waals surface area (Å²) in [6.07, 6.45) is 2.69. The minimum atomic E-state index is -0.0441. The SMILES string of the molecule is CCCC(C)OCCC(=O)Nc1cc(N)ccc1C. The molecule has 4 heteroatoms. The van der Waals surface area contributed by atoms with Crippen LogP contribution in [0.3, 0.4) is 0 Å². The fourth-order valence-corrected chi connectivity index (χ4v) is 1.83. The molecule has 1 unspecified atom stereocenters. The van der Waals surface area contributed by atoms with Crippen LogP contribution in [-0.2, 0) is 9.53 Å². The van der Waals surface area contributed by atoms with Gasteiger partial charge < -0.3 is 15.8 Å². The Hall–Kier alpha value is -1.55. The van der Waals surface area contributed by atoms with Gasteiger partial charge in [0, 0.05) is 11.4 Å². The van der Waals surface area contributed by atoms with Crippen LogP contribution in [0.1, 0.15) is 38.7 Å². The molecule has 0 aliphatic carbocycles. The minimum Gasteiger partial charge on any atom is -0.399 e. The molecule has 0 aliphatic heterocycles. The molecule has 0 bridgehead atoms. The normalized spacial score (nSPS) is 12.2. The number of carbonyl (C=O) groups is 1. The van der Waals surface area contributed by atoms with Crippen LogP contribution in [0.15, 0.2) is 18.2 Å². The first-order valence-electron chi connectivity index (χ1n) is 6.80. The molecule has 1 amide bonds. The first-order valence-corrected chi connectivity index (χ1v) is 6.80. The first kappa shape index (κ1) is 15.5. The van der Waals surface area contributed by atoms with Crippen molar-refractivity contribution in [2.45, 2.75) is 46.1 Å². The lowest BCUT2D eigenvalue weighted by Gasteiger charge is -2.12. The third-order valence-electron chi connectivity index (χ3n) is 2.96. The molecule has 4 nitrogen and oxygen atoms in total. The molecule has 0 saturated carbocycles. The molecule has 1 aromatic rings. The highest BCUT2D eigenvalue weighted by molar-refractivity contribution is 5.92. The number of nitrogens with one attached hydrogen (secondary N) is 1. The molecule has 0 heterocycles. The highest BCUT2D eigenvalue weighted by atomic mass is 16.5. The number of benzene rings is 1. The van der Waals surface area contributed by atoms with Crippen molar-refractivity contribution in [2.75, 3.05) is 17.7 Å². The van der Waals surface area contributed by atoms with Crippen LogP contribution in [0.25, 0.3) is 0 Å². The smallest absolute Gasteiger partial charge is 0.226 e. The number of carbonyl (C=O) groups excluding carboxylic acids is 1. The van der Waals surface area contributed by atoms with Gasteiger partial charge in [-0.15, -0.1) is 0 Å². The van der Waals surface area contributed by atoms with E-state index in [1.807, 2.05) is 26.0 Å². The molecular weight excluding hydrogens is 240 g/mol. The van der Waals surface area contributed by atoms with Crippen LogP contribution in [0, 0.1) is 6.92 Å². The fourth-order valence-electron chi connectivity index (χ4n) is 1.83. The molecule has 0 saturated heterocycles. The average molecular weight is 264 g/mol. The standard InChI is InChI=1S/C15H24N2O2/c1-4-5-12(3)19-9-8-15(18)17-14-10-13(16)7-6-11(14)2/h6-7,10,12H,4-5,8-9,16H2,1-3H3,(H,17,18). The van der Waals surface area contributed by atoms with E-state index in [-0.39, 0.29) is 12.0 Å². The van der Waals surface area contributed by atoms with Gasteiger partial charge in [-0.25, -0.2) is 0 Å². The monoisotopic (exact) mass is 264 g/mol. The van der Waals surface area contributed by atoms with E-state index < -0.39 is 0 Å². The second kappa shape index (κ2) is 7.79. The Morgan fingerprint density at radius 2 is 2.21 bits per heavy atom. The zero-order valence-electron chi connectivity index (χ0n) is 12.0. The molecule has 1 aromatic carbocycles. The van der Waals surface area contributed by atoms with E-state index in [1.54, 1.807) is 6.07 Å². The van der Waals surface area contributed by atoms with Crippen molar-refractivity contribution in [2.24, 2.45) is 0 Å². The second-order valence-electron chi connectivity index (χ2n) is 4.84. The predicted molar refractivity (Wildman–Crippen MR) is 79.2 cm³/mol. The van der Waals surface area contributed by atoms with Gasteiger partial charge in [-0.1, -0.05) is 19.4 Å². The average Bonchev–Trinajstić information content (AvgIpc) is 2.34. The molecule has 0 aromatic heterocycles. The maximum absolute atomic E-state index is 11.8. The van der Waals surface area contributed by atoms with Crippen molar-refractivity contribution in [3.63, 3.8) is 0 Å². The Kier molecular flexibility index (Phi) is 6.36. The van der Waals surface area contributed by atoms with Crippen LogP contribution < -0.4 is 11.1 Å². The molecule has 19 heavy (non-hydrogen) atoms. The van der Waals surface area contributed by atoms with Crippen molar-refractivity contribution in [3.05, 3.63) is 23.8 Å². The lowest BCUT2D eigenvalue weighted by Crippen LogP contribution is -2.17. The lowest BCUT2D eigenvalue weighted by atomic mass is 10.2. The summed E-state index contributed by atoms with van der Waals surface area (Å²) < 4.78 is 5.56. The summed E-state index contributed by atoms with van der Waals surface area (Å²) in [7, 11) is 0. The van der Waals surface area contributed by atoms with E-state index in [9.17, 15) is 4.79 Å². The summed E-state index contributed by atoms with van der Waals surface area (Å²) in [6.45, 7) is 6.54. The van der Waals surface area contributed by atoms with Gasteiger partial charge in [-0.05, 0) is 38.0 Å². The van der Waals surface area contributed by atoms with Gasteiger partial charge in [0.05, 0.1) is 19.1 Å². The van der Waals surface area contributed by atoms with Gasteiger partial charge >= 0.3 is 0 Å². The number of aryl methyl sites for hydroxylation is 1. The predicted octanol–water partition coefficient (Wildman–Crippen LogP) is 3.11. The van der Waals surface area contributed by atoms with Crippen molar-refractivity contribution < 1.29 is 9.53 Å². The molecule has 3 N–H and O–H groups in total. The van der Waals surface area contributed by atoms with Crippen LogP contribution in [0.2, 0.25) is 0 Å². The number of nitrogens with two attached hydrogens (primary N) is 1. The van der Waals surface area contributed by atoms with Crippen molar-refractivity contribution >= 4 is 17.3 Å². The Balaban J connectivity index is 2.37. The van der Waals surface area contributed by atoms with E-state index in [0.717, 1.165) is 24.1 Å². The third kappa shape index (κ3) is 5.75. The van der Waals surface area contributed by atoms with Gasteiger partial charge in [0.2, 0.25) is 5.91 Å². The second-order valence-corrected chi connectivity index (χ2v) is 4.84. The summed E-state index contributed by atoms with van der Waals surface area (Å²) in [5.41, 5.74) is 8.12. The summed E-state index contributed by atoms with van der Waals surface area (Å²) in [6, 6.07) is 5.49. The largest absolute Gasteiger partial charge is 0.399 e. The Morgan fingerprint density at radius 3 is 2.89 bits per heavy atom.